The fourth-order valence-electron chi connectivity index (χ4n) is 4.34. The van der Waals surface area contributed by atoms with Gasteiger partial charge in [-0.25, -0.2) is 4.79 Å². The number of ether oxygens (including phenoxy) is 2. The van der Waals surface area contributed by atoms with E-state index in [0.29, 0.717) is 0 Å². The standard InChI is InChI=1S/C28H51N7O7/c29-24(36)22-42-21-20-41-19-18-30-26(37)17-16-23(28(39)40)31-27(38)15-13-11-9-7-5-3-1-2-4-6-8-10-12-14-25-32-34-35-33-25/h23H,1-22H2,(H2,29,36)(H,30,37)(H,31,38)(H,39,40)(H,32,33,34,35). The van der Waals surface area contributed by atoms with E-state index in [9.17, 15) is 24.3 Å². The van der Waals surface area contributed by atoms with Gasteiger partial charge < -0.3 is 30.9 Å². The van der Waals surface area contributed by atoms with Crippen LogP contribution in [0.5, 0.6) is 0 Å². The number of nitrogens with two attached hydrogens (primary N) is 1. The number of carboxylic acid groups (broad SMARTS) is 1. The zero-order valence-corrected chi connectivity index (χ0v) is 24.9. The van der Waals surface area contributed by atoms with E-state index >= 15 is 0 Å². The van der Waals surface area contributed by atoms with Crippen molar-refractivity contribution in [1.82, 2.24) is 31.3 Å². The third kappa shape index (κ3) is 22.5. The third-order valence-electron chi connectivity index (χ3n) is 6.67. The van der Waals surface area contributed by atoms with Crippen LogP contribution in [0.25, 0.3) is 0 Å². The molecule has 14 heteroatoms. The highest BCUT2D eigenvalue weighted by molar-refractivity contribution is 5.84. The van der Waals surface area contributed by atoms with E-state index < -0.39 is 17.9 Å². The molecule has 1 heterocycles. The largest absolute Gasteiger partial charge is 0.480 e. The number of nitrogens with one attached hydrogen (secondary N) is 3. The van der Waals surface area contributed by atoms with Crippen molar-refractivity contribution >= 4 is 23.7 Å². The van der Waals surface area contributed by atoms with Gasteiger partial charge in [0.25, 0.3) is 0 Å². The van der Waals surface area contributed by atoms with Crippen molar-refractivity contribution in [3.05, 3.63) is 5.82 Å². The van der Waals surface area contributed by atoms with Crippen molar-refractivity contribution in [3.63, 3.8) is 0 Å². The summed E-state index contributed by atoms with van der Waals surface area (Å²) in [7, 11) is 0. The molecular weight excluding hydrogens is 546 g/mol. The molecule has 6 N–H and O–H groups in total. The highest BCUT2D eigenvalue weighted by Gasteiger charge is 2.20. The first-order chi connectivity index (χ1) is 20.4. The van der Waals surface area contributed by atoms with Gasteiger partial charge in [-0.3, -0.25) is 14.4 Å². The van der Waals surface area contributed by atoms with E-state index in [1.165, 1.54) is 51.4 Å². The monoisotopic (exact) mass is 597 g/mol. The number of carboxylic acids is 1. The number of H-pyrrole nitrogens is 1. The number of aryl methyl sites for hydroxylation is 1. The maximum atomic E-state index is 12.2. The number of carbonyl (C=O) groups is 4. The summed E-state index contributed by atoms with van der Waals surface area (Å²) in [5.41, 5.74) is 4.94. The lowest BCUT2D eigenvalue weighted by molar-refractivity contribution is -0.142. The Morgan fingerprint density at radius 1 is 0.786 bits per heavy atom. The van der Waals surface area contributed by atoms with Crippen molar-refractivity contribution in [2.75, 3.05) is 33.0 Å². The van der Waals surface area contributed by atoms with Gasteiger partial charge in [0.05, 0.1) is 19.8 Å². The Bertz CT molecular complexity index is 856. The fraction of sp³-hybridized carbons (Fsp3) is 0.821. The van der Waals surface area contributed by atoms with Crippen LogP contribution in [0.2, 0.25) is 0 Å². The molecule has 0 aliphatic rings. The van der Waals surface area contributed by atoms with Crippen molar-refractivity contribution in [3.8, 4) is 0 Å². The molecule has 1 aromatic heterocycles. The molecule has 240 valence electrons. The third-order valence-corrected chi connectivity index (χ3v) is 6.67. The molecule has 0 radical (unpaired) electrons. The topological polar surface area (TPSA) is 212 Å². The number of nitrogens with zero attached hydrogens (tertiary/aromatic N) is 3. The summed E-state index contributed by atoms with van der Waals surface area (Å²) in [6, 6.07) is -1.10. The minimum absolute atomic E-state index is 0.0102. The average Bonchev–Trinajstić information content (AvgIpc) is 3.47. The van der Waals surface area contributed by atoms with Gasteiger partial charge in [-0.15, -0.1) is 10.2 Å². The van der Waals surface area contributed by atoms with Crippen molar-refractivity contribution < 1.29 is 33.8 Å². The number of aliphatic carboxylic acids is 1. The Labute approximate surface area is 248 Å². The molecule has 0 bridgehead atoms. The van der Waals surface area contributed by atoms with Gasteiger partial charge in [0, 0.05) is 25.8 Å². The smallest absolute Gasteiger partial charge is 0.326 e. The second kappa shape index (κ2) is 25.6. The number of unbranched alkanes of at least 4 members (excludes halogenated alkanes) is 12. The second-order valence-electron chi connectivity index (χ2n) is 10.4. The summed E-state index contributed by atoms with van der Waals surface area (Å²) in [6.45, 7) is 0.795. The Morgan fingerprint density at radius 3 is 1.95 bits per heavy atom. The van der Waals surface area contributed by atoms with Crippen molar-refractivity contribution in [2.45, 2.75) is 115 Å². The van der Waals surface area contributed by atoms with Crippen molar-refractivity contribution in [2.24, 2.45) is 5.73 Å². The van der Waals surface area contributed by atoms with Crippen LogP contribution in [0.4, 0.5) is 0 Å². The summed E-state index contributed by atoms with van der Waals surface area (Å²) < 4.78 is 10.2. The highest BCUT2D eigenvalue weighted by atomic mass is 16.5. The van der Waals surface area contributed by atoms with Crippen molar-refractivity contribution in [1.29, 1.82) is 0 Å². The predicted octanol–water partition coefficient (Wildman–Crippen LogP) is 2.19. The van der Waals surface area contributed by atoms with Crippen LogP contribution in [0.1, 0.15) is 109 Å². The summed E-state index contributed by atoms with van der Waals surface area (Å²) in [4.78, 5) is 46.2. The molecule has 1 rings (SSSR count). The number of amides is 3. The molecule has 0 fully saturated rings. The van der Waals surface area contributed by atoms with Crippen LogP contribution in [0.15, 0.2) is 0 Å². The van der Waals surface area contributed by atoms with E-state index in [1.54, 1.807) is 0 Å². The predicted molar refractivity (Wildman–Crippen MR) is 155 cm³/mol. The Balaban J connectivity index is 1.92. The highest BCUT2D eigenvalue weighted by Crippen LogP contribution is 2.13. The van der Waals surface area contributed by atoms with E-state index in [-0.39, 0.29) is 64.0 Å². The molecule has 0 spiro atoms. The number of primary amides is 1. The lowest BCUT2D eigenvalue weighted by atomic mass is 10.0. The first-order valence-corrected chi connectivity index (χ1v) is 15.3. The molecule has 1 aromatic rings. The zero-order valence-electron chi connectivity index (χ0n) is 24.9. The SMILES string of the molecule is NC(=O)COCCOCCNC(=O)CCC(NC(=O)CCCCCCCCCCCCCCCc1nn[nH]n1)C(=O)O. The van der Waals surface area contributed by atoms with Crippen LogP contribution in [0.3, 0.4) is 0 Å². The maximum absolute atomic E-state index is 12.2. The summed E-state index contributed by atoms with van der Waals surface area (Å²) in [6.07, 6.45) is 16.2. The van der Waals surface area contributed by atoms with Crippen LogP contribution in [0, 0.1) is 0 Å². The average molecular weight is 598 g/mol. The molecule has 1 atom stereocenters. The van der Waals surface area contributed by atoms with Gasteiger partial charge >= 0.3 is 5.97 Å². The minimum Gasteiger partial charge on any atom is -0.480 e. The molecule has 0 saturated heterocycles. The number of rotatable bonds is 29. The molecular formula is C28H51N7O7. The zero-order chi connectivity index (χ0) is 30.7. The number of tetrazole rings is 1. The second-order valence-corrected chi connectivity index (χ2v) is 10.4. The molecule has 0 saturated carbocycles. The number of aromatic amines is 1. The molecule has 0 aliphatic heterocycles. The summed E-state index contributed by atoms with van der Waals surface area (Å²) in [5, 5.41) is 28.5. The van der Waals surface area contributed by atoms with Gasteiger partial charge in [-0.1, -0.05) is 75.8 Å². The maximum Gasteiger partial charge on any atom is 0.326 e. The van der Waals surface area contributed by atoms with E-state index in [2.05, 4.69) is 31.3 Å². The molecule has 42 heavy (non-hydrogen) atoms. The lowest BCUT2D eigenvalue weighted by Gasteiger charge is -2.14. The number of hydrogen-bond acceptors (Lipinski definition) is 9. The fourth-order valence-corrected chi connectivity index (χ4v) is 4.34. The van der Waals surface area contributed by atoms with Gasteiger partial charge in [-0.2, -0.15) is 5.21 Å². The Hall–Kier alpha value is -3.13. The van der Waals surface area contributed by atoms with Crippen LogP contribution in [-0.4, -0.2) is 88.4 Å². The summed E-state index contributed by atoms with van der Waals surface area (Å²) >= 11 is 0. The molecule has 1 unspecified atom stereocenters. The Morgan fingerprint density at radius 2 is 1.38 bits per heavy atom. The number of aromatic nitrogens is 4. The van der Waals surface area contributed by atoms with E-state index in [4.69, 9.17) is 15.2 Å². The normalized spacial score (nSPS) is 11.7. The first kappa shape index (κ1) is 36.9. The number of carbonyl (C=O) groups excluding carboxylic acids is 3. The van der Waals surface area contributed by atoms with Crippen LogP contribution >= 0.6 is 0 Å². The van der Waals surface area contributed by atoms with Crippen LogP contribution in [-0.2, 0) is 35.1 Å². The van der Waals surface area contributed by atoms with E-state index in [1.807, 2.05) is 0 Å². The number of hydrogen-bond donors (Lipinski definition) is 5. The van der Waals surface area contributed by atoms with Crippen LogP contribution < -0.4 is 16.4 Å². The molecule has 0 aliphatic carbocycles. The molecule has 3 amide bonds. The van der Waals surface area contributed by atoms with E-state index in [0.717, 1.165) is 44.3 Å². The first-order valence-electron chi connectivity index (χ1n) is 15.3. The van der Waals surface area contributed by atoms with Gasteiger partial charge in [0.1, 0.15) is 12.6 Å². The molecule has 14 nitrogen and oxygen atoms in total. The van der Waals surface area contributed by atoms with Gasteiger partial charge in [0.2, 0.25) is 17.7 Å². The minimum atomic E-state index is -1.16. The van der Waals surface area contributed by atoms with Gasteiger partial charge in [-0.05, 0) is 19.3 Å². The summed E-state index contributed by atoms with van der Waals surface area (Å²) in [5.74, 6) is -1.54. The lowest BCUT2D eigenvalue weighted by Crippen LogP contribution is -2.41. The Kier molecular flexibility index (Phi) is 22.5. The quantitative estimate of drug-likeness (QED) is 0.0849. The molecule has 0 aromatic carbocycles. The van der Waals surface area contributed by atoms with Gasteiger partial charge in [0.15, 0.2) is 5.82 Å².